The lowest BCUT2D eigenvalue weighted by atomic mass is 10.0. The highest BCUT2D eigenvalue weighted by Crippen LogP contribution is 2.17. The molecule has 0 saturated carbocycles. The molecule has 0 aliphatic carbocycles. The first-order chi connectivity index (χ1) is 9.13. The quantitative estimate of drug-likeness (QED) is 0.371. The molecule has 1 aromatic rings. The van der Waals surface area contributed by atoms with Crippen molar-refractivity contribution in [2.75, 3.05) is 13.2 Å². The van der Waals surface area contributed by atoms with Gasteiger partial charge in [0.05, 0.1) is 12.7 Å². The van der Waals surface area contributed by atoms with Gasteiger partial charge in [-0.15, -0.1) is 0 Å². The van der Waals surface area contributed by atoms with E-state index in [1.165, 1.54) is 0 Å². The molecule has 1 unspecified atom stereocenters. The number of esters is 1. The Kier molecular flexibility index (Phi) is 6.02. The molecule has 5 nitrogen and oxygen atoms in total. The summed E-state index contributed by atoms with van der Waals surface area (Å²) in [5.41, 5.74) is 1.40. The zero-order valence-corrected chi connectivity index (χ0v) is 11.4. The number of carbonyl (C=O) groups is 1. The molecule has 1 aromatic carbocycles. The topological polar surface area (TPSA) is 68.1 Å². The molecule has 0 heterocycles. The zero-order chi connectivity index (χ0) is 14.3. The van der Waals surface area contributed by atoms with Crippen LogP contribution in [0.2, 0.25) is 0 Å². The summed E-state index contributed by atoms with van der Waals surface area (Å²) in [7, 11) is 0. The molecular formula is C14H19NO4. The lowest BCUT2D eigenvalue weighted by Crippen LogP contribution is -2.18. The normalized spacial score (nSPS) is 13.1. The van der Waals surface area contributed by atoms with Crippen LogP contribution in [0.4, 0.5) is 0 Å². The summed E-state index contributed by atoms with van der Waals surface area (Å²) in [6.07, 6.45) is -0.0174. The number of nitrogens with zero attached hydrogens (tertiary/aromatic N) is 1. The first-order valence-electron chi connectivity index (χ1n) is 6.25. The number of carbonyl (C=O) groups excluding carboxylic acids is 1. The van der Waals surface area contributed by atoms with E-state index >= 15 is 0 Å². The van der Waals surface area contributed by atoms with E-state index in [0.717, 1.165) is 5.56 Å². The van der Waals surface area contributed by atoms with E-state index in [1.54, 1.807) is 19.1 Å². The van der Waals surface area contributed by atoms with Gasteiger partial charge in [-0.05, 0) is 26.3 Å². The Morgan fingerprint density at radius 1 is 1.26 bits per heavy atom. The lowest BCUT2D eigenvalue weighted by molar-refractivity contribution is -0.135. The van der Waals surface area contributed by atoms with Gasteiger partial charge >= 0.3 is 5.97 Å². The Morgan fingerprint density at radius 3 is 2.37 bits per heavy atom. The van der Waals surface area contributed by atoms with Gasteiger partial charge in [-0.2, -0.15) is 0 Å². The molecule has 5 heteroatoms. The van der Waals surface area contributed by atoms with Crippen LogP contribution < -0.4 is 0 Å². The molecule has 19 heavy (non-hydrogen) atoms. The van der Waals surface area contributed by atoms with Gasteiger partial charge in [0.1, 0.15) is 0 Å². The Bertz CT molecular complexity index is 439. The fourth-order valence-electron chi connectivity index (χ4n) is 1.67. The average Bonchev–Trinajstić information content (AvgIpc) is 2.41. The summed E-state index contributed by atoms with van der Waals surface area (Å²) in [6, 6.07) is 7.08. The molecular weight excluding hydrogens is 246 g/mol. The average molecular weight is 265 g/mol. The second-order valence-electron chi connectivity index (χ2n) is 3.89. The molecule has 0 spiro atoms. The van der Waals surface area contributed by atoms with Gasteiger partial charge in [0.15, 0.2) is 5.71 Å². The second kappa shape index (κ2) is 7.53. The molecule has 0 radical (unpaired) electrons. The van der Waals surface area contributed by atoms with Crippen LogP contribution >= 0.6 is 0 Å². The van der Waals surface area contributed by atoms with Crippen LogP contribution in [0.15, 0.2) is 29.4 Å². The Balaban J connectivity index is 2.88. The Morgan fingerprint density at radius 2 is 1.89 bits per heavy atom. The third kappa shape index (κ3) is 4.06. The summed E-state index contributed by atoms with van der Waals surface area (Å²) in [5.74, 6) is -0.643. The van der Waals surface area contributed by atoms with Crippen LogP contribution in [-0.4, -0.2) is 30.1 Å². The van der Waals surface area contributed by atoms with Gasteiger partial charge in [-0.25, -0.2) is 4.79 Å². The monoisotopic (exact) mass is 265 g/mol. The van der Waals surface area contributed by atoms with E-state index in [2.05, 4.69) is 5.16 Å². The number of rotatable bonds is 6. The second-order valence-corrected chi connectivity index (χ2v) is 3.89. The zero-order valence-electron chi connectivity index (χ0n) is 11.4. The smallest absolute Gasteiger partial charge is 0.361 e. The van der Waals surface area contributed by atoms with Crippen LogP contribution in [0.25, 0.3) is 0 Å². The minimum Gasteiger partial charge on any atom is -0.461 e. The predicted molar refractivity (Wildman–Crippen MR) is 71.4 cm³/mol. The molecule has 0 saturated heterocycles. The highest BCUT2D eigenvalue weighted by Gasteiger charge is 2.16. The van der Waals surface area contributed by atoms with Crippen molar-refractivity contribution in [2.45, 2.75) is 26.9 Å². The van der Waals surface area contributed by atoms with Crippen LogP contribution in [0.3, 0.4) is 0 Å². The molecule has 1 N–H and O–H groups in total. The van der Waals surface area contributed by atoms with Crippen molar-refractivity contribution >= 4 is 11.7 Å². The van der Waals surface area contributed by atoms with Crippen molar-refractivity contribution in [1.29, 1.82) is 0 Å². The van der Waals surface area contributed by atoms with E-state index < -0.39 is 5.97 Å². The highest BCUT2D eigenvalue weighted by atomic mass is 16.5. The fourth-order valence-corrected chi connectivity index (χ4v) is 1.67. The van der Waals surface area contributed by atoms with Crippen molar-refractivity contribution in [1.82, 2.24) is 0 Å². The van der Waals surface area contributed by atoms with E-state index in [-0.39, 0.29) is 18.4 Å². The maximum atomic E-state index is 11.6. The minimum absolute atomic E-state index is 0.0174. The van der Waals surface area contributed by atoms with Crippen LogP contribution in [0, 0.1) is 0 Å². The van der Waals surface area contributed by atoms with Crippen molar-refractivity contribution in [2.24, 2.45) is 5.16 Å². The summed E-state index contributed by atoms with van der Waals surface area (Å²) in [4.78, 5) is 11.6. The van der Waals surface area contributed by atoms with Gasteiger partial charge in [-0.1, -0.05) is 29.4 Å². The first kappa shape index (κ1) is 15.2. The molecule has 0 aliphatic rings. The Labute approximate surface area is 112 Å². The molecule has 0 fully saturated rings. The number of oxime groups is 1. The van der Waals surface area contributed by atoms with Crippen molar-refractivity contribution < 1.29 is 19.5 Å². The van der Waals surface area contributed by atoms with Gasteiger partial charge in [0.2, 0.25) is 0 Å². The van der Waals surface area contributed by atoms with Gasteiger partial charge < -0.3 is 14.7 Å². The SMILES string of the molecule is CCOC(=O)C(=NO)c1ccc(C(C)OCC)cc1. The third-order valence-electron chi connectivity index (χ3n) is 2.64. The first-order valence-corrected chi connectivity index (χ1v) is 6.25. The van der Waals surface area contributed by atoms with Gasteiger partial charge in [0, 0.05) is 12.2 Å². The predicted octanol–water partition coefficient (Wildman–Crippen LogP) is 2.53. The maximum Gasteiger partial charge on any atom is 0.361 e. The van der Waals surface area contributed by atoms with E-state index in [1.807, 2.05) is 26.0 Å². The lowest BCUT2D eigenvalue weighted by Gasteiger charge is -2.12. The third-order valence-corrected chi connectivity index (χ3v) is 2.64. The minimum atomic E-state index is -0.643. The Hall–Kier alpha value is -1.88. The van der Waals surface area contributed by atoms with Crippen molar-refractivity contribution in [3.05, 3.63) is 35.4 Å². The highest BCUT2D eigenvalue weighted by molar-refractivity contribution is 6.43. The van der Waals surface area contributed by atoms with E-state index in [9.17, 15) is 4.79 Å². The summed E-state index contributed by atoms with van der Waals surface area (Å²) >= 11 is 0. The fraction of sp³-hybridized carbons (Fsp3) is 0.429. The maximum absolute atomic E-state index is 11.6. The summed E-state index contributed by atoms with van der Waals surface area (Å²) in [5, 5.41) is 11.9. The summed E-state index contributed by atoms with van der Waals surface area (Å²) < 4.78 is 10.3. The van der Waals surface area contributed by atoms with Gasteiger partial charge in [0.25, 0.3) is 0 Å². The molecule has 1 atom stereocenters. The van der Waals surface area contributed by atoms with Crippen LogP contribution in [-0.2, 0) is 14.3 Å². The number of ether oxygens (including phenoxy) is 2. The molecule has 0 aromatic heterocycles. The van der Waals surface area contributed by atoms with Crippen molar-refractivity contribution in [3.63, 3.8) is 0 Å². The molecule has 104 valence electrons. The van der Waals surface area contributed by atoms with Crippen LogP contribution in [0.5, 0.6) is 0 Å². The van der Waals surface area contributed by atoms with Crippen molar-refractivity contribution in [3.8, 4) is 0 Å². The largest absolute Gasteiger partial charge is 0.461 e. The van der Waals surface area contributed by atoms with Crippen LogP contribution in [0.1, 0.15) is 38.0 Å². The van der Waals surface area contributed by atoms with E-state index in [4.69, 9.17) is 14.7 Å². The molecule has 0 amide bonds. The number of hydrogen-bond donors (Lipinski definition) is 1. The van der Waals surface area contributed by atoms with Gasteiger partial charge in [-0.3, -0.25) is 0 Å². The standard InChI is InChI=1S/C14H19NO4/c1-4-18-10(3)11-6-8-12(9-7-11)13(15-17)14(16)19-5-2/h6-10,17H,4-5H2,1-3H3. The molecule has 0 bridgehead atoms. The number of hydrogen-bond acceptors (Lipinski definition) is 5. The summed E-state index contributed by atoms with van der Waals surface area (Å²) in [6.45, 7) is 6.44. The molecule has 1 rings (SSSR count). The number of benzene rings is 1. The molecule has 0 aliphatic heterocycles. The van der Waals surface area contributed by atoms with E-state index in [0.29, 0.717) is 12.2 Å².